The molecule has 1 aliphatic rings. The van der Waals surface area contributed by atoms with Gasteiger partial charge in [0, 0.05) is 12.5 Å². The molecule has 0 atom stereocenters. The minimum atomic E-state index is -0.433. The number of hydrogen-bond donors (Lipinski definition) is 1. The maximum absolute atomic E-state index is 12.3. The first-order valence-corrected chi connectivity index (χ1v) is 12.8. The van der Waals surface area contributed by atoms with E-state index >= 15 is 0 Å². The smallest absolute Gasteiger partial charge is 0.407 e. The van der Waals surface area contributed by atoms with E-state index in [0.717, 1.165) is 16.9 Å². The van der Waals surface area contributed by atoms with Crippen molar-refractivity contribution in [1.82, 2.24) is 5.32 Å². The van der Waals surface area contributed by atoms with E-state index in [0.29, 0.717) is 29.8 Å². The number of amides is 1. The zero-order valence-electron chi connectivity index (χ0n) is 20.0. The molecule has 0 bridgehead atoms. The topological polar surface area (TPSA) is 47.6 Å². The molecule has 1 N–H and O–H groups in total. The Balaban J connectivity index is 1.07. The van der Waals surface area contributed by atoms with Crippen LogP contribution in [-0.2, 0) is 11.3 Å². The molecule has 5 rings (SSSR count). The van der Waals surface area contributed by atoms with Crippen LogP contribution >= 0.6 is 23.2 Å². The second-order valence-corrected chi connectivity index (χ2v) is 9.53. The summed E-state index contributed by atoms with van der Waals surface area (Å²) in [6.07, 6.45) is 3.39. The van der Waals surface area contributed by atoms with E-state index in [9.17, 15) is 4.79 Å². The molecule has 0 saturated heterocycles. The first-order valence-electron chi connectivity index (χ1n) is 12.0. The standard InChI is InChI=1S/C31H25Cl2NO3/c32-29-16-13-22(18-30(29)33)19-36-23-14-11-21(12-15-23)6-5-17-34-31(35)37-20-28-26-9-3-1-7-24(26)25-8-2-4-10-27(25)28/h1-16,18,28H,17,19-20H2,(H,34,35). The highest BCUT2D eigenvalue weighted by atomic mass is 35.5. The number of rotatable bonds is 8. The van der Waals surface area contributed by atoms with Crippen molar-refractivity contribution in [2.24, 2.45) is 0 Å². The molecule has 1 amide bonds. The molecule has 0 unspecified atom stereocenters. The molecule has 37 heavy (non-hydrogen) atoms. The van der Waals surface area contributed by atoms with Gasteiger partial charge in [0.05, 0.1) is 10.0 Å². The first-order chi connectivity index (χ1) is 18.1. The quantitative estimate of drug-likeness (QED) is 0.250. The molecule has 4 aromatic rings. The van der Waals surface area contributed by atoms with Crippen molar-refractivity contribution < 1.29 is 14.3 Å². The highest BCUT2D eigenvalue weighted by molar-refractivity contribution is 6.42. The van der Waals surface area contributed by atoms with Crippen molar-refractivity contribution in [3.8, 4) is 16.9 Å². The lowest BCUT2D eigenvalue weighted by molar-refractivity contribution is 0.144. The maximum atomic E-state index is 12.3. The highest BCUT2D eigenvalue weighted by Crippen LogP contribution is 2.44. The van der Waals surface area contributed by atoms with Crippen LogP contribution in [0.15, 0.2) is 97.1 Å². The van der Waals surface area contributed by atoms with Gasteiger partial charge < -0.3 is 14.8 Å². The van der Waals surface area contributed by atoms with Crippen LogP contribution < -0.4 is 10.1 Å². The molecule has 0 spiro atoms. The van der Waals surface area contributed by atoms with Gasteiger partial charge in [-0.15, -0.1) is 0 Å². The summed E-state index contributed by atoms with van der Waals surface area (Å²) in [4.78, 5) is 12.3. The number of hydrogen-bond acceptors (Lipinski definition) is 3. The maximum Gasteiger partial charge on any atom is 0.407 e. The Bertz CT molecular complexity index is 1390. The number of fused-ring (bicyclic) bond motifs is 3. The summed E-state index contributed by atoms with van der Waals surface area (Å²) in [6, 6.07) is 29.7. The summed E-state index contributed by atoms with van der Waals surface area (Å²) in [5, 5.41) is 3.82. The van der Waals surface area contributed by atoms with E-state index < -0.39 is 6.09 Å². The van der Waals surface area contributed by atoms with Gasteiger partial charge >= 0.3 is 6.09 Å². The number of halogens is 2. The molecule has 186 valence electrons. The third-order valence-electron chi connectivity index (χ3n) is 6.29. The summed E-state index contributed by atoms with van der Waals surface area (Å²) >= 11 is 12.0. The number of nitrogens with one attached hydrogen (secondary N) is 1. The minimum Gasteiger partial charge on any atom is -0.489 e. The van der Waals surface area contributed by atoms with Gasteiger partial charge in [-0.1, -0.05) is 102 Å². The Hall–Kier alpha value is -3.73. The molecule has 0 aliphatic heterocycles. The van der Waals surface area contributed by atoms with E-state index in [-0.39, 0.29) is 5.92 Å². The van der Waals surface area contributed by atoms with Gasteiger partial charge in [0.1, 0.15) is 19.0 Å². The predicted octanol–water partition coefficient (Wildman–Crippen LogP) is 8.12. The molecule has 6 heteroatoms. The van der Waals surface area contributed by atoms with Gasteiger partial charge in [-0.2, -0.15) is 0 Å². The fourth-order valence-corrected chi connectivity index (χ4v) is 4.78. The van der Waals surface area contributed by atoms with Crippen LogP contribution in [0.5, 0.6) is 5.75 Å². The van der Waals surface area contributed by atoms with E-state index in [2.05, 4.69) is 29.6 Å². The fraction of sp³-hybridized carbons (Fsp3) is 0.129. The normalized spacial score (nSPS) is 12.3. The van der Waals surface area contributed by atoms with Gasteiger partial charge in [0.25, 0.3) is 0 Å². The molecule has 0 heterocycles. The molecule has 1 aliphatic carbocycles. The van der Waals surface area contributed by atoms with Crippen LogP contribution in [-0.4, -0.2) is 19.2 Å². The zero-order chi connectivity index (χ0) is 25.6. The lowest BCUT2D eigenvalue weighted by Gasteiger charge is -2.14. The fourth-order valence-electron chi connectivity index (χ4n) is 4.46. The van der Waals surface area contributed by atoms with Crippen molar-refractivity contribution in [2.45, 2.75) is 12.5 Å². The Morgan fingerprint density at radius 3 is 2.19 bits per heavy atom. The number of benzene rings is 4. The SMILES string of the molecule is O=C(NCC=Cc1ccc(OCc2ccc(Cl)c(Cl)c2)cc1)OCC1c2ccccc2-c2ccccc21. The van der Waals surface area contributed by atoms with Crippen LogP contribution in [0.1, 0.15) is 28.2 Å². The van der Waals surface area contributed by atoms with E-state index in [1.54, 1.807) is 12.1 Å². The Morgan fingerprint density at radius 2 is 1.51 bits per heavy atom. The highest BCUT2D eigenvalue weighted by Gasteiger charge is 2.28. The van der Waals surface area contributed by atoms with Crippen molar-refractivity contribution in [2.75, 3.05) is 13.2 Å². The lowest BCUT2D eigenvalue weighted by atomic mass is 9.98. The van der Waals surface area contributed by atoms with Gasteiger partial charge in [-0.25, -0.2) is 4.79 Å². The zero-order valence-corrected chi connectivity index (χ0v) is 21.5. The van der Waals surface area contributed by atoms with E-state index in [4.69, 9.17) is 32.7 Å². The van der Waals surface area contributed by atoms with Crippen molar-refractivity contribution in [3.05, 3.63) is 129 Å². The van der Waals surface area contributed by atoms with E-state index in [1.807, 2.05) is 66.7 Å². The summed E-state index contributed by atoms with van der Waals surface area (Å²) in [6.45, 7) is 1.07. The monoisotopic (exact) mass is 529 g/mol. The Kier molecular flexibility index (Phi) is 7.79. The third-order valence-corrected chi connectivity index (χ3v) is 7.03. The number of ether oxygens (including phenoxy) is 2. The van der Waals surface area contributed by atoms with Crippen LogP contribution in [0.2, 0.25) is 10.0 Å². The predicted molar refractivity (Wildman–Crippen MR) is 149 cm³/mol. The average Bonchev–Trinajstić information content (AvgIpc) is 3.25. The summed E-state index contributed by atoms with van der Waals surface area (Å²) in [7, 11) is 0. The third kappa shape index (κ3) is 5.99. The Morgan fingerprint density at radius 1 is 0.838 bits per heavy atom. The first kappa shape index (κ1) is 24.9. The number of alkyl carbamates (subject to hydrolysis) is 1. The largest absolute Gasteiger partial charge is 0.489 e. The molecule has 0 fully saturated rings. The number of carbonyl (C=O) groups is 1. The van der Waals surface area contributed by atoms with Crippen molar-refractivity contribution in [3.63, 3.8) is 0 Å². The number of carbonyl (C=O) groups excluding carboxylic acids is 1. The molecular weight excluding hydrogens is 505 g/mol. The molecule has 0 saturated carbocycles. The van der Waals surface area contributed by atoms with E-state index in [1.165, 1.54) is 22.3 Å². The van der Waals surface area contributed by atoms with Gasteiger partial charge in [-0.05, 0) is 57.6 Å². The molecule has 0 aromatic heterocycles. The Labute approximate surface area is 226 Å². The molecule has 4 nitrogen and oxygen atoms in total. The summed E-state index contributed by atoms with van der Waals surface area (Å²) in [5.74, 6) is 0.797. The molecular formula is C31H25Cl2NO3. The minimum absolute atomic E-state index is 0.0473. The average molecular weight is 530 g/mol. The molecule has 0 radical (unpaired) electrons. The lowest BCUT2D eigenvalue weighted by Crippen LogP contribution is -2.26. The van der Waals surface area contributed by atoms with Crippen molar-refractivity contribution in [1.29, 1.82) is 0 Å². The second-order valence-electron chi connectivity index (χ2n) is 8.71. The van der Waals surface area contributed by atoms with Crippen LogP contribution in [0.25, 0.3) is 17.2 Å². The van der Waals surface area contributed by atoms with Crippen LogP contribution in [0.4, 0.5) is 4.79 Å². The van der Waals surface area contributed by atoms with Gasteiger partial charge in [0.15, 0.2) is 0 Å². The summed E-state index contributed by atoms with van der Waals surface area (Å²) < 4.78 is 11.4. The second kappa shape index (κ2) is 11.5. The molecule has 4 aromatic carbocycles. The van der Waals surface area contributed by atoms with Gasteiger partial charge in [0.2, 0.25) is 0 Å². The summed E-state index contributed by atoms with van der Waals surface area (Å²) in [5.41, 5.74) is 6.75. The van der Waals surface area contributed by atoms with Crippen molar-refractivity contribution >= 4 is 35.4 Å². The van der Waals surface area contributed by atoms with Crippen LogP contribution in [0.3, 0.4) is 0 Å². The van der Waals surface area contributed by atoms with Gasteiger partial charge in [-0.3, -0.25) is 0 Å². The van der Waals surface area contributed by atoms with Crippen LogP contribution in [0, 0.1) is 0 Å².